The number of halogens is 2. The molecular weight excluding hydrogens is 250 g/mol. The zero-order valence-corrected chi connectivity index (χ0v) is 11.3. The zero-order valence-electron chi connectivity index (χ0n) is 11.3. The number of rotatable bonds is 5. The first-order chi connectivity index (χ1) is 9.02. The molecule has 1 aromatic carbocycles. The van der Waals surface area contributed by atoms with Crippen molar-refractivity contribution in [2.75, 3.05) is 6.61 Å². The second-order valence-corrected chi connectivity index (χ2v) is 5.27. The predicted molar refractivity (Wildman–Crippen MR) is 68.8 cm³/mol. The van der Waals surface area contributed by atoms with E-state index in [-0.39, 0.29) is 17.2 Å². The van der Waals surface area contributed by atoms with Gasteiger partial charge in [0.2, 0.25) is 0 Å². The minimum Gasteiger partial charge on any atom is -0.388 e. The lowest BCUT2D eigenvalue weighted by Gasteiger charge is -2.36. The van der Waals surface area contributed by atoms with Gasteiger partial charge in [-0.2, -0.15) is 0 Å². The molecule has 1 atom stereocenters. The maximum atomic E-state index is 13.7. The van der Waals surface area contributed by atoms with E-state index in [1.54, 1.807) is 0 Å². The molecule has 1 N–H and O–H groups in total. The summed E-state index contributed by atoms with van der Waals surface area (Å²) in [5.74, 6) is -1.46. The summed E-state index contributed by atoms with van der Waals surface area (Å²) in [4.78, 5) is 0. The number of aliphatic hydroxyl groups is 1. The quantitative estimate of drug-likeness (QED) is 0.887. The first-order valence-electron chi connectivity index (χ1n) is 6.77. The molecule has 19 heavy (non-hydrogen) atoms. The number of benzene rings is 1. The van der Waals surface area contributed by atoms with E-state index in [4.69, 9.17) is 4.74 Å². The molecule has 0 bridgehead atoms. The van der Waals surface area contributed by atoms with Gasteiger partial charge in [-0.1, -0.05) is 12.1 Å². The van der Waals surface area contributed by atoms with Crippen LogP contribution >= 0.6 is 0 Å². The van der Waals surface area contributed by atoms with Gasteiger partial charge in [0.25, 0.3) is 0 Å². The van der Waals surface area contributed by atoms with Gasteiger partial charge < -0.3 is 9.84 Å². The summed E-state index contributed by atoms with van der Waals surface area (Å²) in [6.45, 7) is 4.15. The van der Waals surface area contributed by atoms with Crippen LogP contribution in [0.25, 0.3) is 0 Å². The lowest BCUT2D eigenvalue weighted by Crippen LogP contribution is -2.32. The van der Waals surface area contributed by atoms with Crippen LogP contribution in [0.1, 0.15) is 43.4 Å². The highest BCUT2D eigenvalue weighted by molar-refractivity contribution is 5.27. The predicted octanol–water partition coefficient (Wildman–Crippen LogP) is 3.51. The fraction of sp³-hybridized carbons (Fsp3) is 0.600. The first-order valence-corrected chi connectivity index (χ1v) is 6.77. The second kappa shape index (κ2) is 5.97. The minimum absolute atomic E-state index is 0.0583. The Labute approximate surface area is 112 Å². The van der Waals surface area contributed by atoms with E-state index in [1.165, 1.54) is 19.1 Å². The van der Waals surface area contributed by atoms with E-state index < -0.39 is 17.7 Å². The lowest BCUT2D eigenvalue weighted by molar-refractivity contribution is -0.0383. The highest BCUT2D eigenvalue weighted by atomic mass is 19.2. The van der Waals surface area contributed by atoms with Gasteiger partial charge in [0.1, 0.15) is 0 Å². The van der Waals surface area contributed by atoms with Gasteiger partial charge >= 0.3 is 0 Å². The Hall–Kier alpha value is -1.00. The van der Waals surface area contributed by atoms with Crippen molar-refractivity contribution in [2.24, 2.45) is 5.92 Å². The normalized spacial score (nSPS) is 24.1. The standard InChI is InChI=1S/C15H20F2O2/c1-3-19-11-6-10(7-11)8-13(18)12-5-4-9(2)14(16)15(12)17/h4-5,10-11,13,18H,3,6-8H2,1-2H3. The molecule has 4 heteroatoms. The minimum atomic E-state index is -0.942. The Balaban J connectivity index is 1.94. The average molecular weight is 270 g/mol. The molecule has 1 saturated carbocycles. The van der Waals surface area contributed by atoms with Gasteiger partial charge in [-0.3, -0.25) is 0 Å². The van der Waals surface area contributed by atoms with Gasteiger partial charge in [0.05, 0.1) is 12.2 Å². The van der Waals surface area contributed by atoms with Crippen LogP contribution in [0.15, 0.2) is 12.1 Å². The highest BCUT2D eigenvalue weighted by Crippen LogP contribution is 2.37. The van der Waals surface area contributed by atoms with Gasteiger partial charge in [-0.15, -0.1) is 0 Å². The Bertz CT molecular complexity index is 442. The molecule has 1 fully saturated rings. The number of hydrogen-bond donors (Lipinski definition) is 1. The van der Waals surface area contributed by atoms with Crippen LogP contribution in [0.3, 0.4) is 0 Å². The van der Waals surface area contributed by atoms with E-state index >= 15 is 0 Å². The van der Waals surface area contributed by atoms with Gasteiger partial charge in [-0.05, 0) is 44.6 Å². The van der Waals surface area contributed by atoms with Crippen LogP contribution in [0, 0.1) is 24.5 Å². The van der Waals surface area contributed by atoms with Crippen LogP contribution in [-0.2, 0) is 4.74 Å². The molecule has 1 aliphatic carbocycles. The fourth-order valence-electron chi connectivity index (χ4n) is 2.60. The number of aliphatic hydroxyl groups excluding tert-OH is 1. The third kappa shape index (κ3) is 3.12. The molecule has 2 rings (SSSR count). The van der Waals surface area contributed by atoms with Crippen molar-refractivity contribution >= 4 is 0 Å². The van der Waals surface area contributed by atoms with E-state index in [0.717, 1.165) is 12.8 Å². The van der Waals surface area contributed by atoms with Gasteiger partial charge in [0, 0.05) is 12.2 Å². The van der Waals surface area contributed by atoms with E-state index in [2.05, 4.69) is 0 Å². The molecule has 0 amide bonds. The van der Waals surface area contributed by atoms with Crippen molar-refractivity contribution < 1.29 is 18.6 Å². The zero-order chi connectivity index (χ0) is 14.0. The second-order valence-electron chi connectivity index (χ2n) is 5.27. The summed E-state index contributed by atoms with van der Waals surface area (Å²) in [6, 6.07) is 2.97. The third-order valence-corrected chi connectivity index (χ3v) is 3.82. The third-order valence-electron chi connectivity index (χ3n) is 3.82. The highest BCUT2D eigenvalue weighted by Gasteiger charge is 2.32. The summed E-state index contributed by atoms with van der Waals surface area (Å²) in [7, 11) is 0. The van der Waals surface area contributed by atoms with Crippen molar-refractivity contribution in [3.05, 3.63) is 34.9 Å². The molecule has 0 aliphatic heterocycles. The van der Waals surface area contributed by atoms with Crippen LogP contribution in [-0.4, -0.2) is 17.8 Å². The molecule has 106 valence electrons. The molecule has 0 aromatic heterocycles. The van der Waals surface area contributed by atoms with Gasteiger partial charge in [0.15, 0.2) is 11.6 Å². The molecule has 1 aliphatic rings. The monoisotopic (exact) mass is 270 g/mol. The maximum absolute atomic E-state index is 13.7. The Morgan fingerprint density at radius 3 is 2.63 bits per heavy atom. The summed E-state index contributed by atoms with van der Waals surface area (Å²) in [5.41, 5.74) is 0.316. The summed E-state index contributed by atoms with van der Waals surface area (Å²) in [6.07, 6.45) is 1.56. The Kier molecular flexibility index (Phi) is 4.53. The van der Waals surface area contributed by atoms with E-state index in [1.807, 2.05) is 6.92 Å². The molecule has 2 nitrogen and oxygen atoms in total. The van der Waals surface area contributed by atoms with Crippen LogP contribution in [0.2, 0.25) is 0 Å². The van der Waals surface area contributed by atoms with Crippen LogP contribution in [0.5, 0.6) is 0 Å². The number of aryl methyl sites for hydroxylation is 1. The molecule has 1 unspecified atom stereocenters. The van der Waals surface area contributed by atoms with Crippen molar-refractivity contribution in [1.29, 1.82) is 0 Å². The maximum Gasteiger partial charge on any atom is 0.164 e. The molecule has 0 heterocycles. The molecule has 0 spiro atoms. The molecule has 0 radical (unpaired) electrons. The average Bonchev–Trinajstić information content (AvgIpc) is 2.33. The lowest BCUT2D eigenvalue weighted by atomic mass is 9.78. The molecule has 0 saturated heterocycles. The summed E-state index contributed by atoms with van der Waals surface area (Å²) < 4.78 is 32.6. The van der Waals surface area contributed by atoms with Crippen molar-refractivity contribution in [3.8, 4) is 0 Å². The van der Waals surface area contributed by atoms with Crippen molar-refractivity contribution in [2.45, 2.75) is 45.3 Å². The Morgan fingerprint density at radius 1 is 1.32 bits per heavy atom. The SMILES string of the molecule is CCOC1CC(CC(O)c2ccc(C)c(F)c2F)C1. The summed E-state index contributed by atoms with van der Waals surface area (Å²) in [5, 5.41) is 10.0. The largest absolute Gasteiger partial charge is 0.388 e. The van der Waals surface area contributed by atoms with Crippen LogP contribution in [0.4, 0.5) is 8.78 Å². The molecule has 1 aromatic rings. The number of hydrogen-bond acceptors (Lipinski definition) is 2. The molecular formula is C15H20F2O2. The van der Waals surface area contributed by atoms with E-state index in [9.17, 15) is 13.9 Å². The van der Waals surface area contributed by atoms with Crippen molar-refractivity contribution in [3.63, 3.8) is 0 Å². The summed E-state index contributed by atoms with van der Waals surface area (Å²) >= 11 is 0. The Morgan fingerprint density at radius 2 is 2.00 bits per heavy atom. The van der Waals surface area contributed by atoms with Crippen molar-refractivity contribution in [1.82, 2.24) is 0 Å². The topological polar surface area (TPSA) is 29.5 Å². The smallest absolute Gasteiger partial charge is 0.164 e. The first kappa shape index (κ1) is 14.4. The van der Waals surface area contributed by atoms with Crippen LogP contribution < -0.4 is 0 Å². The van der Waals surface area contributed by atoms with Gasteiger partial charge in [-0.25, -0.2) is 8.78 Å². The van der Waals surface area contributed by atoms with E-state index in [0.29, 0.717) is 18.9 Å². The number of ether oxygens (including phenoxy) is 1. The fourth-order valence-corrected chi connectivity index (χ4v) is 2.60.